The Morgan fingerprint density at radius 1 is 1.31 bits per heavy atom. The number of nitrogens with two attached hydrogens (primary N) is 1. The van der Waals surface area contributed by atoms with Gasteiger partial charge in [-0.2, -0.15) is 0 Å². The van der Waals surface area contributed by atoms with Gasteiger partial charge in [0.15, 0.2) is 5.13 Å². The Morgan fingerprint density at radius 3 is 2.54 bits per heavy atom. The summed E-state index contributed by atoms with van der Waals surface area (Å²) in [7, 11) is 0. The Balaban J connectivity index is 2.53. The van der Waals surface area contributed by atoms with E-state index in [2.05, 4.69) is 9.97 Å². The summed E-state index contributed by atoms with van der Waals surface area (Å²) in [6.07, 6.45) is 3.51. The van der Waals surface area contributed by atoms with Crippen LogP contribution in [0.2, 0.25) is 0 Å². The van der Waals surface area contributed by atoms with Crippen LogP contribution in [0.15, 0.2) is 24.5 Å². The molecule has 2 aromatic rings. The minimum atomic E-state index is 0.615. The maximum absolute atomic E-state index is 5.61. The molecule has 0 spiro atoms. The summed E-state index contributed by atoms with van der Waals surface area (Å²) in [5, 5.41) is 0.615. The van der Waals surface area contributed by atoms with Crippen LogP contribution in [0.1, 0.15) is 4.88 Å². The molecule has 2 heterocycles. The normalized spacial score (nSPS) is 10.2. The highest BCUT2D eigenvalue weighted by atomic mass is 32.1. The number of rotatable bonds is 1. The standard InChI is InChI=1S/C9H9N3S/c1-6-8(12-9(10)13-6)7-2-4-11-5-3-7/h2-5H,1H3,(H2,10,12). The van der Waals surface area contributed by atoms with Gasteiger partial charge in [-0.05, 0) is 19.1 Å². The highest BCUT2D eigenvalue weighted by molar-refractivity contribution is 7.15. The number of aryl methyl sites for hydroxylation is 1. The Kier molecular flexibility index (Phi) is 1.98. The van der Waals surface area contributed by atoms with Crippen molar-refractivity contribution in [1.29, 1.82) is 0 Å². The van der Waals surface area contributed by atoms with E-state index < -0.39 is 0 Å². The van der Waals surface area contributed by atoms with Crippen LogP contribution < -0.4 is 5.73 Å². The van der Waals surface area contributed by atoms with Crippen LogP contribution in [0, 0.1) is 6.92 Å². The minimum Gasteiger partial charge on any atom is -0.375 e. The van der Waals surface area contributed by atoms with Crippen LogP contribution in [-0.4, -0.2) is 9.97 Å². The SMILES string of the molecule is Cc1sc(N)nc1-c1ccncc1. The van der Waals surface area contributed by atoms with Crippen molar-refractivity contribution in [2.75, 3.05) is 5.73 Å². The van der Waals surface area contributed by atoms with Crippen LogP contribution in [0.3, 0.4) is 0 Å². The molecule has 0 aromatic carbocycles. The molecule has 3 nitrogen and oxygen atoms in total. The summed E-state index contributed by atoms with van der Waals surface area (Å²) in [6.45, 7) is 2.02. The van der Waals surface area contributed by atoms with E-state index in [0.29, 0.717) is 5.13 Å². The van der Waals surface area contributed by atoms with Gasteiger partial charge in [0.1, 0.15) is 0 Å². The summed E-state index contributed by atoms with van der Waals surface area (Å²) in [4.78, 5) is 9.34. The second kappa shape index (κ2) is 3.14. The van der Waals surface area contributed by atoms with Gasteiger partial charge in [-0.3, -0.25) is 4.98 Å². The lowest BCUT2D eigenvalue weighted by Crippen LogP contribution is -1.83. The van der Waals surface area contributed by atoms with Gasteiger partial charge in [0.25, 0.3) is 0 Å². The number of nitrogen functional groups attached to an aromatic ring is 1. The largest absolute Gasteiger partial charge is 0.375 e. The first kappa shape index (κ1) is 8.19. The molecule has 2 rings (SSSR count). The molecule has 0 radical (unpaired) electrons. The summed E-state index contributed by atoms with van der Waals surface area (Å²) in [6, 6.07) is 3.86. The zero-order valence-electron chi connectivity index (χ0n) is 7.19. The van der Waals surface area contributed by atoms with Crippen LogP contribution >= 0.6 is 11.3 Å². The zero-order valence-corrected chi connectivity index (χ0v) is 8.01. The molecule has 2 aromatic heterocycles. The van der Waals surface area contributed by atoms with E-state index in [0.717, 1.165) is 16.1 Å². The smallest absolute Gasteiger partial charge is 0.180 e. The lowest BCUT2D eigenvalue weighted by molar-refractivity contribution is 1.30. The summed E-state index contributed by atoms with van der Waals surface area (Å²) >= 11 is 1.51. The highest BCUT2D eigenvalue weighted by Crippen LogP contribution is 2.27. The number of pyridine rings is 1. The van der Waals surface area contributed by atoms with Crippen molar-refractivity contribution in [1.82, 2.24) is 9.97 Å². The molecule has 0 bridgehead atoms. The van der Waals surface area contributed by atoms with Crippen molar-refractivity contribution >= 4 is 16.5 Å². The van der Waals surface area contributed by atoms with Crippen molar-refractivity contribution in [3.8, 4) is 11.3 Å². The Hall–Kier alpha value is -1.42. The first-order valence-electron chi connectivity index (χ1n) is 3.90. The Labute approximate surface area is 80.3 Å². The number of anilines is 1. The van der Waals surface area contributed by atoms with Gasteiger partial charge in [0, 0.05) is 22.8 Å². The van der Waals surface area contributed by atoms with Crippen LogP contribution in [0.25, 0.3) is 11.3 Å². The van der Waals surface area contributed by atoms with Crippen LogP contribution in [0.4, 0.5) is 5.13 Å². The molecule has 0 saturated carbocycles. The number of nitrogens with zero attached hydrogens (tertiary/aromatic N) is 2. The van der Waals surface area contributed by atoms with Crippen LogP contribution in [0.5, 0.6) is 0 Å². The molecule has 0 unspecified atom stereocenters. The third kappa shape index (κ3) is 1.53. The molecule has 2 N–H and O–H groups in total. The molecule has 0 atom stereocenters. The molecule has 0 fully saturated rings. The third-order valence-electron chi connectivity index (χ3n) is 1.77. The van der Waals surface area contributed by atoms with E-state index in [4.69, 9.17) is 5.73 Å². The van der Waals surface area contributed by atoms with Crippen molar-refractivity contribution in [2.45, 2.75) is 6.92 Å². The van der Waals surface area contributed by atoms with Gasteiger partial charge >= 0.3 is 0 Å². The summed E-state index contributed by atoms with van der Waals surface area (Å²) in [5.74, 6) is 0. The van der Waals surface area contributed by atoms with Gasteiger partial charge < -0.3 is 5.73 Å². The predicted molar refractivity (Wildman–Crippen MR) is 54.5 cm³/mol. The first-order valence-corrected chi connectivity index (χ1v) is 4.72. The second-order valence-corrected chi connectivity index (χ2v) is 3.93. The fourth-order valence-corrected chi connectivity index (χ4v) is 1.91. The maximum Gasteiger partial charge on any atom is 0.180 e. The van der Waals surface area contributed by atoms with Crippen molar-refractivity contribution in [3.63, 3.8) is 0 Å². The van der Waals surface area contributed by atoms with E-state index >= 15 is 0 Å². The number of aromatic nitrogens is 2. The lowest BCUT2D eigenvalue weighted by Gasteiger charge is -1.95. The molecule has 0 saturated heterocycles. The number of hydrogen-bond acceptors (Lipinski definition) is 4. The van der Waals surface area contributed by atoms with Crippen molar-refractivity contribution < 1.29 is 0 Å². The molecule has 0 aliphatic carbocycles. The Morgan fingerprint density at radius 2 is 2.00 bits per heavy atom. The van der Waals surface area contributed by atoms with E-state index in [1.54, 1.807) is 12.4 Å². The van der Waals surface area contributed by atoms with E-state index in [9.17, 15) is 0 Å². The van der Waals surface area contributed by atoms with Gasteiger partial charge in [0.2, 0.25) is 0 Å². The molecule has 4 heteroatoms. The third-order valence-corrected chi connectivity index (χ3v) is 2.57. The molecule has 13 heavy (non-hydrogen) atoms. The summed E-state index contributed by atoms with van der Waals surface area (Å²) < 4.78 is 0. The second-order valence-electron chi connectivity index (χ2n) is 2.69. The van der Waals surface area contributed by atoms with Crippen LogP contribution in [-0.2, 0) is 0 Å². The van der Waals surface area contributed by atoms with Crippen molar-refractivity contribution in [2.24, 2.45) is 0 Å². The van der Waals surface area contributed by atoms with Gasteiger partial charge in [-0.15, -0.1) is 11.3 Å². The van der Waals surface area contributed by atoms with Crippen molar-refractivity contribution in [3.05, 3.63) is 29.4 Å². The minimum absolute atomic E-state index is 0.615. The number of thiazole rings is 1. The van der Waals surface area contributed by atoms with E-state index in [1.807, 2.05) is 19.1 Å². The van der Waals surface area contributed by atoms with E-state index in [-0.39, 0.29) is 0 Å². The zero-order chi connectivity index (χ0) is 9.26. The highest BCUT2D eigenvalue weighted by Gasteiger charge is 2.06. The predicted octanol–water partition coefficient (Wildman–Crippen LogP) is 2.10. The van der Waals surface area contributed by atoms with Gasteiger partial charge in [-0.25, -0.2) is 4.98 Å². The monoisotopic (exact) mass is 191 g/mol. The number of hydrogen-bond donors (Lipinski definition) is 1. The quantitative estimate of drug-likeness (QED) is 0.751. The average Bonchev–Trinajstić information content (AvgIpc) is 2.47. The average molecular weight is 191 g/mol. The molecular weight excluding hydrogens is 182 g/mol. The molecule has 0 aliphatic heterocycles. The fraction of sp³-hybridized carbons (Fsp3) is 0.111. The maximum atomic E-state index is 5.61. The molecular formula is C9H9N3S. The summed E-state index contributed by atoms with van der Waals surface area (Å²) in [5.41, 5.74) is 7.64. The molecule has 0 amide bonds. The van der Waals surface area contributed by atoms with Gasteiger partial charge in [-0.1, -0.05) is 0 Å². The fourth-order valence-electron chi connectivity index (χ4n) is 1.19. The van der Waals surface area contributed by atoms with E-state index in [1.165, 1.54) is 11.3 Å². The Bertz CT molecular complexity index is 408. The topological polar surface area (TPSA) is 51.8 Å². The molecule has 66 valence electrons. The lowest BCUT2D eigenvalue weighted by atomic mass is 10.2. The molecule has 0 aliphatic rings. The van der Waals surface area contributed by atoms with Gasteiger partial charge in [0.05, 0.1) is 5.69 Å². The first-order chi connectivity index (χ1) is 6.27.